The Bertz CT molecular complexity index is 902. The highest BCUT2D eigenvalue weighted by molar-refractivity contribution is 5.76. The minimum absolute atomic E-state index is 0.142. The molecule has 0 bridgehead atoms. The van der Waals surface area contributed by atoms with Crippen molar-refractivity contribution in [3.63, 3.8) is 0 Å². The second-order valence-corrected chi connectivity index (χ2v) is 7.14. The van der Waals surface area contributed by atoms with Crippen LogP contribution in [0, 0.1) is 5.82 Å². The summed E-state index contributed by atoms with van der Waals surface area (Å²) in [4.78, 5) is 16.3. The summed E-state index contributed by atoms with van der Waals surface area (Å²) >= 11 is 0. The van der Waals surface area contributed by atoms with E-state index in [1.165, 1.54) is 12.1 Å². The number of fused-ring (bicyclic) bond motifs is 1. The number of aryl methyl sites for hydroxylation is 1. The van der Waals surface area contributed by atoms with E-state index in [9.17, 15) is 9.18 Å². The first kappa shape index (κ1) is 20.1. The topological polar surface area (TPSA) is 46.9 Å². The number of hydrogen-bond donors (Lipinski definition) is 1. The number of imidazole rings is 1. The highest BCUT2D eigenvalue weighted by Gasteiger charge is 2.11. The molecule has 0 unspecified atom stereocenters. The second kappa shape index (κ2) is 10.0. The summed E-state index contributed by atoms with van der Waals surface area (Å²) < 4.78 is 15.4. The first-order valence-electron chi connectivity index (χ1n) is 10.1. The van der Waals surface area contributed by atoms with Crippen molar-refractivity contribution in [2.24, 2.45) is 0 Å². The molecule has 4 nitrogen and oxygen atoms in total. The lowest BCUT2D eigenvalue weighted by atomic mass is 10.1. The van der Waals surface area contributed by atoms with Crippen LogP contribution < -0.4 is 5.32 Å². The highest BCUT2D eigenvalue weighted by Crippen LogP contribution is 2.20. The minimum Gasteiger partial charge on any atom is -0.356 e. The summed E-state index contributed by atoms with van der Waals surface area (Å²) in [5, 5.41) is 2.96. The van der Waals surface area contributed by atoms with Gasteiger partial charge in [0, 0.05) is 25.9 Å². The Labute approximate surface area is 165 Å². The van der Waals surface area contributed by atoms with Crippen LogP contribution in [0.5, 0.6) is 0 Å². The van der Waals surface area contributed by atoms with E-state index >= 15 is 0 Å². The van der Waals surface area contributed by atoms with Gasteiger partial charge >= 0.3 is 0 Å². The maximum atomic E-state index is 13.2. The predicted molar refractivity (Wildman–Crippen MR) is 111 cm³/mol. The SMILES string of the molecule is CCCC(=O)NCCCCCc1nc2ccccc2n1Cc1ccc(F)cc1. The molecule has 1 heterocycles. The molecule has 0 spiro atoms. The lowest BCUT2D eigenvalue weighted by molar-refractivity contribution is -0.121. The summed E-state index contributed by atoms with van der Waals surface area (Å²) in [5.74, 6) is 0.981. The summed E-state index contributed by atoms with van der Waals surface area (Å²) in [5.41, 5.74) is 3.16. The van der Waals surface area contributed by atoms with E-state index in [0.717, 1.165) is 61.1 Å². The van der Waals surface area contributed by atoms with Gasteiger partial charge in [0.25, 0.3) is 0 Å². The Morgan fingerprint density at radius 2 is 1.86 bits per heavy atom. The summed E-state index contributed by atoms with van der Waals surface area (Å²) in [6.45, 7) is 3.44. The lowest BCUT2D eigenvalue weighted by Gasteiger charge is -2.10. The first-order valence-corrected chi connectivity index (χ1v) is 10.1. The van der Waals surface area contributed by atoms with Gasteiger partial charge in [-0.1, -0.05) is 37.6 Å². The van der Waals surface area contributed by atoms with Gasteiger partial charge in [0.15, 0.2) is 0 Å². The first-order chi connectivity index (χ1) is 13.7. The molecule has 0 aliphatic carbocycles. The number of nitrogens with zero attached hydrogens (tertiary/aromatic N) is 2. The fourth-order valence-electron chi connectivity index (χ4n) is 3.39. The number of nitrogens with one attached hydrogen (secondary N) is 1. The molecule has 0 saturated heterocycles. The molecule has 5 heteroatoms. The van der Waals surface area contributed by atoms with Crippen LogP contribution in [0.4, 0.5) is 4.39 Å². The maximum absolute atomic E-state index is 13.2. The molecule has 1 aromatic heterocycles. The normalized spacial score (nSPS) is 11.1. The Kier molecular flexibility index (Phi) is 7.18. The Morgan fingerprint density at radius 3 is 2.64 bits per heavy atom. The fourth-order valence-corrected chi connectivity index (χ4v) is 3.39. The Hall–Kier alpha value is -2.69. The monoisotopic (exact) mass is 381 g/mol. The largest absolute Gasteiger partial charge is 0.356 e. The number of carbonyl (C=O) groups is 1. The van der Waals surface area contributed by atoms with Gasteiger partial charge in [-0.25, -0.2) is 9.37 Å². The van der Waals surface area contributed by atoms with E-state index in [1.54, 1.807) is 0 Å². The molecule has 2 aromatic carbocycles. The fraction of sp³-hybridized carbons (Fsp3) is 0.391. The number of rotatable bonds is 10. The number of carbonyl (C=O) groups excluding carboxylic acids is 1. The molecule has 3 rings (SSSR count). The molecule has 3 aromatic rings. The Morgan fingerprint density at radius 1 is 1.07 bits per heavy atom. The van der Waals surface area contributed by atoms with Gasteiger partial charge in [0.1, 0.15) is 11.6 Å². The van der Waals surface area contributed by atoms with Crippen molar-refractivity contribution in [2.75, 3.05) is 6.54 Å². The van der Waals surface area contributed by atoms with Gasteiger partial charge in [-0.05, 0) is 49.1 Å². The molecule has 1 N–H and O–H groups in total. The van der Waals surface area contributed by atoms with E-state index < -0.39 is 0 Å². The van der Waals surface area contributed by atoms with Gasteiger partial charge in [0.05, 0.1) is 11.0 Å². The van der Waals surface area contributed by atoms with E-state index in [4.69, 9.17) is 4.98 Å². The maximum Gasteiger partial charge on any atom is 0.219 e. The molecule has 0 aliphatic rings. The number of para-hydroxylation sites is 2. The zero-order valence-corrected chi connectivity index (χ0v) is 16.5. The van der Waals surface area contributed by atoms with Crippen molar-refractivity contribution in [1.82, 2.24) is 14.9 Å². The van der Waals surface area contributed by atoms with Gasteiger partial charge < -0.3 is 9.88 Å². The van der Waals surface area contributed by atoms with Gasteiger partial charge in [-0.15, -0.1) is 0 Å². The number of unbranched alkanes of at least 4 members (excludes halogenated alkanes) is 2. The number of benzene rings is 2. The smallest absolute Gasteiger partial charge is 0.219 e. The number of aromatic nitrogens is 2. The zero-order chi connectivity index (χ0) is 19.8. The summed E-state index contributed by atoms with van der Waals surface area (Å²) in [6, 6.07) is 14.8. The van der Waals surface area contributed by atoms with Crippen LogP contribution in [-0.2, 0) is 17.8 Å². The molecule has 1 amide bonds. The lowest BCUT2D eigenvalue weighted by Crippen LogP contribution is -2.23. The van der Waals surface area contributed by atoms with Crippen LogP contribution >= 0.6 is 0 Å². The van der Waals surface area contributed by atoms with Crippen LogP contribution in [0.15, 0.2) is 48.5 Å². The third-order valence-electron chi connectivity index (χ3n) is 4.86. The summed E-state index contributed by atoms with van der Waals surface area (Å²) in [6.07, 6.45) is 5.43. The van der Waals surface area contributed by atoms with Gasteiger partial charge in [0.2, 0.25) is 5.91 Å². The number of hydrogen-bond acceptors (Lipinski definition) is 2. The molecule has 0 radical (unpaired) electrons. The van der Waals surface area contributed by atoms with Crippen LogP contribution in [0.3, 0.4) is 0 Å². The molecule has 0 aliphatic heterocycles. The van der Waals surface area contributed by atoms with Crippen molar-refractivity contribution in [1.29, 1.82) is 0 Å². The van der Waals surface area contributed by atoms with Gasteiger partial charge in [-0.3, -0.25) is 4.79 Å². The predicted octanol–water partition coefficient (Wildman–Crippen LogP) is 4.85. The van der Waals surface area contributed by atoms with Gasteiger partial charge in [-0.2, -0.15) is 0 Å². The average Bonchev–Trinajstić information content (AvgIpc) is 3.04. The van der Waals surface area contributed by atoms with E-state index in [2.05, 4.69) is 16.0 Å². The quantitative estimate of drug-likeness (QED) is 0.510. The van der Waals surface area contributed by atoms with Crippen molar-refractivity contribution in [2.45, 2.75) is 52.0 Å². The highest BCUT2D eigenvalue weighted by atomic mass is 19.1. The molecule has 0 fully saturated rings. The Balaban J connectivity index is 1.61. The number of amides is 1. The standard InChI is InChI=1S/C23H28FN3O/c1-2-8-23(28)25-16-7-3-4-11-22-26-20-9-5-6-10-21(20)27(22)17-18-12-14-19(24)15-13-18/h5-6,9-10,12-15H,2-4,7-8,11,16-17H2,1H3,(H,25,28). The average molecular weight is 381 g/mol. The molecule has 0 atom stereocenters. The van der Waals surface area contributed by atoms with E-state index in [-0.39, 0.29) is 11.7 Å². The van der Waals surface area contributed by atoms with Crippen LogP contribution in [-0.4, -0.2) is 22.0 Å². The van der Waals surface area contributed by atoms with Crippen molar-refractivity contribution in [3.05, 3.63) is 65.7 Å². The van der Waals surface area contributed by atoms with E-state index in [1.807, 2.05) is 37.3 Å². The third kappa shape index (κ3) is 5.41. The van der Waals surface area contributed by atoms with Crippen LogP contribution in [0.1, 0.15) is 50.4 Å². The molecular weight excluding hydrogens is 353 g/mol. The van der Waals surface area contributed by atoms with Crippen molar-refractivity contribution >= 4 is 16.9 Å². The molecule has 28 heavy (non-hydrogen) atoms. The van der Waals surface area contributed by atoms with Crippen molar-refractivity contribution < 1.29 is 9.18 Å². The van der Waals surface area contributed by atoms with Crippen LogP contribution in [0.25, 0.3) is 11.0 Å². The second-order valence-electron chi connectivity index (χ2n) is 7.14. The summed E-state index contributed by atoms with van der Waals surface area (Å²) in [7, 11) is 0. The molecule has 0 saturated carbocycles. The minimum atomic E-state index is -0.217. The third-order valence-corrected chi connectivity index (χ3v) is 4.86. The van der Waals surface area contributed by atoms with Crippen LogP contribution in [0.2, 0.25) is 0 Å². The van der Waals surface area contributed by atoms with E-state index in [0.29, 0.717) is 13.0 Å². The molecule has 148 valence electrons. The zero-order valence-electron chi connectivity index (χ0n) is 16.5. The molecular formula is C23H28FN3O. The van der Waals surface area contributed by atoms with Crippen molar-refractivity contribution in [3.8, 4) is 0 Å². The number of halogens is 1.